The van der Waals surface area contributed by atoms with Gasteiger partial charge >= 0.3 is 0 Å². The number of benzene rings is 2. The van der Waals surface area contributed by atoms with Crippen molar-refractivity contribution in [3.05, 3.63) is 82.5 Å². The number of carbonyl (C=O) groups is 1. The molecule has 3 N–H and O–H groups in total. The highest BCUT2D eigenvalue weighted by molar-refractivity contribution is 6.10. The van der Waals surface area contributed by atoms with Gasteiger partial charge in [0.1, 0.15) is 22.8 Å². The van der Waals surface area contributed by atoms with Crippen molar-refractivity contribution in [1.29, 1.82) is 0 Å². The van der Waals surface area contributed by atoms with Crippen LogP contribution in [-0.4, -0.2) is 21.1 Å². The van der Waals surface area contributed by atoms with E-state index in [1.54, 1.807) is 6.08 Å². The van der Waals surface area contributed by atoms with Gasteiger partial charge in [-0.05, 0) is 51.7 Å². The summed E-state index contributed by atoms with van der Waals surface area (Å²) in [5, 5.41) is 30.8. The lowest BCUT2D eigenvalue weighted by Crippen LogP contribution is -1.99. The molecule has 0 unspecified atom stereocenters. The van der Waals surface area contributed by atoms with Gasteiger partial charge in [0.25, 0.3) is 0 Å². The van der Waals surface area contributed by atoms with Crippen LogP contribution < -0.4 is 0 Å². The number of aromatic hydroxyl groups is 3. The van der Waals surface area contributed by atoms with E-state index in [9.17, 15) is 20.1 Å². The predicted molar refractivity (Wildman–Crippen MR) is 117 cm³/mol. The Morgan fingerprint density at radius 2 is 1.66 bits per heavy atom. The van der Waals surface area contributed by atoms with Gasteiger partial charge in [-0.2, -0.15) is 0 Å². The standard InChI is InChI=1S/C25H28O4/c1-17(2)8-7-9-18(3)12-14-20-22(27)16-23(28)24(25(20)29)21(26)15-13-19-10-5-4-6-11-19/h4-6,8,10-13,15-16,27-29H,7,9,14H2,1-3H3. The van der Waals surface area contributed by atoms with Crippen molar-refractivity contribution in [3.63, 3.8) is 0 Å². The van der Waals surface area contributed by atoms with Gasteiger partial charge in [0.05, 0.1) is 0 Å². The van der Waals surface area contributed by atoms with Gasteiger partial charge in [-0.25, -0.2) is 0 Å². The van der Waals surface area contributed by atoms with Crippen LogP contribution in [0.25, 0.3) is 6.08 Å². The van der Waals surface area contributed by atoms with Crippen LogP contribution in [0, 0.1) is 0 Å². The van der Waals surface area contributed by atoms with Crippen molar-refractivity contribution < 1.29 is 20.1 Å². The van der Waals surface area contributed by atoms with Crippen molar-refractivity contribution in [2.45, 2.75) is 40.0 Å². The third-order valence-corrected chi connectivity index (χ3v) is 4.58. The summed E-state index contributed by atoms with van der Waals surface area (Å²) in [5.74, 6) is -1.61. The fourth-order valence-electron chi connectivity index (χ4n) is 2.91. The number of phenols is 3. The SMILES string of the molecule is CC(C)=CCCC(C)=CCc1c(O)cc(O)c(C(=O)C=Cc2ccccc2)c1O. The van der Waals surface area contributed by atoms with Crippen LogP contribution in [-0.2, 0) is 6.42 Å². The molecule has 0 saturated heterocycles. The maximum Gasteiger partial charge on any atom is 0.193 e. The molecule has 0 atom stereocenters. The average Bonchev–Trinajstić information content (AvgIpc) is 2.66. The summed E-state index contributed by atoms with van der Waals surface area (Å²) in [6.07, 6.45) is 9.04. The molecule has 0 saturated carbocycles. The molecule has 0 bridgehead atoms. The van der Waals surface area contributed by atoms with E-state index in [0.29, 0.717) is 0 Å². The largest absolute Gasteiger partial charge is 0.507 e. The second kappa shape index (κ2) is 10.3. The van der Waals surface area contributed by atoms with Gasteiger partial charge in [-0.1, -0.05) is 59.7 Å². The molecule has 0 spiro atoms. The van der Waals surface area contributed by atoms with Crippen LogP contribution in [0.3, 0.4) is 0 Å². The number of phenolic OH excluding ortho intramolecular Hbond substituents is 3. The number of ketones is 1. The molecule has 4 heteroatoms. The fraction of sp³-hybridized carbons (Fsp3) is 0.240. The summed E-state index contributed by atoms with van der Waals surface area (Å²) in [4.78, 5) is 12.6. The number of hydrogen-bond donors (Lipinski definition) is 3. The molecule has 29 heavy (non-hydrogen) atoms. The zero-order valence-electron chi connectivity index (χ0n) is 17.1. The van der Waals surface area contributed by atoms with Gasteiger partial charge in [-0.15, -0.1) is 0 Å². The third kappa shape index (κ3) is 6.39. The van der Waals surface area contributed by atoms with Crippen LogP contribution in [0.15, 0.2) is 65.8 Å². The maximum atomic E-state index is 12.6. The zero-order valence-corrected chi connectivity index (χ0v) is 17.1. The Hall–Kier alpha value is -3.27. The van der Waals surface area contributed by atoms with Gasteiger partial charge in [0.15, 0.2) is 5.78 Å². The van der Waals surface area contributed by atoms with Crippen LogP contribution in [0.4, 0.5) is 0 Å². The molecule has 0 aromatic heterocycles. The molecule has 2 aromatic rings. The van der Waals surface area contributed by atoms with E-state index in [2.05, 4.69) is 19.9 Å². The molecule has 0 aliphatic rings. The topological polar surface area (TPSA) is 77.8 Å². The molecular formula is C25H28O4. The van der Waals surface area contributed by atoms with Crippen LogP contribution in [0.2, 0.25) is 0 Å². The highest BCUT2D eigenvalue weighted by atomic mass is 16.3. The molecule has 2 rings (SSSR count). The van der Waals surface area contributed by atoms with Gasteiger partial charge in [-0.3, -0.25) is 4.79 Å². The fourth-order valence-corrected chi connectivity index (χ4v) is 2.91. The summed E-state index contributed by atoms with van der Waals surface area (Å²) in [7, 11) is 0. The Morgan fingerprint density at radius 1 is 0.966 bits per heavy atom. The molecule has 2 aromatic carbocycles. The minimum Gasteiger partial charge on any atom is -0.507 e. The Balaban J connectivity index is 2.24. The van der Waals surface area contributed by atoms with Crippen molar-refractivity contribution >= 4 is 11.9 Å². The Bertz CT molecular complexity index is 947. The third-order valence-electron chi connectivity index (χ3n) is 4.58. The lowest BCUT2D eigenvalue weighted by atomic mass is 9.98. The Kier molecular flexibility index (Phi) is 7.84. The van der Waals surface area contributed by atoms with Gasteiger partial charge in [0, 0.05) is 11.6 Å². The molecule has 0 aliphatic carbocycles. The molecule has 0 fully saturated rings. The van der Waals surface area contributed by atoms with E-state index in [0.717, 1.165) is 30.0 Å². The van der Waals surface area contributed by atoms with Crippen molar-refractivity contribution in [3.8, 4) is 17.2 Å². The van der Waals surface area contributed by atoms with E-state index in [1.807, 2.05) is 43.3 Å². The molecule has 4 nitrogen and oxygen atoms in total. The molecule has 152 valence electrons. The molecule has 0 aliphatic heterocycles. The smallest absolute Gasteiger partial charge is 0.193 e. The monoisotopic (exact) mass is 392 g/mol. The molecule has 0 radical (unpaired) electrons. The lowest BCUT2D eigenvalue weighted by molar-refractivity contribution is 0.104. The van der Waals surface area contributed by atoms with Crippen molar-refractivity contribution in [2.24, 2.45) is 0 Å². The van der Waals surface area contributed by atoms with Gasteiger partial charge < -0.3 is 15.3 Å². The second-order valence-corrected chi connectivity index (χ2v) is 7.30. The highest BCUT2D eigenvalue weighted by Gasteiger charge is 2.20. The summed E-state index contributed by atoms with van der Waals surface area (Å²) >= 11 is 0. The van der Waals surface area contributed by atoms with Crippen LogP contribution in [0.1, 0.15) is 55.1 Å². The highest BCUT2D eigenvalue weighted by Crippen LogP contribution is 2.38. The summed E-state index contributed by atoms with van der Waals surface area (Å²) in [6.45, 7) is 6.09. The molecular weight excluding hydrogens is 364 g/mol. The quantitative estimate of drug-likeness (QED) is 0.295. The van der Waals surface area contributed by atoms with E-state index >= 15 is 0 Å². The Labute approximate surface area is 172 Å². The number of carbonyl (C=O) groups excluding carboxylic acids is 1. The van der Waals surface area contributed by atoms with Crippen molar-refractivity contribution in [2.75, 3.05) is 0 Å². The minimum atomic E-state index is -0.533. The predicted octanol–water partition coefficient (Wildman–Crippen LogP) is 5.93. The van der Waals surface area contributed by atoms with Crippen LogP contribution in [0.5, 0.6) is 17.2 Å². The van der Waals surface area contributed by atoms with Gasteiger partial charge in [0.2, 0.25) is 0 Å². The number of hydrogen-bond acceptors (Lipinski definition) is 4. The van der Waals surface area contributed by atoms with E-state index in [1.165, 1.54) is 11.6 Å². The number of rotatable bonds is 8. The first-order valence-electron chi connectivity index (χ1n) is 9.62. The van der Waals surface area contributed by atoms with E-state index < -0.39 is 17.3 Å². The molecule has 0 amide bonds. The minimum absolute atomic E-state index is 0.208. The maximum absolute atomic E-state index is 12.6. The molecule has 0 heterocycles. The van der Waals surface area contributed by atoms with E-state index in [-0.39, 0.29) is 23.3 Å². The first kappa shape index (κ1) is 22.0. The van der Waals surface area contributed by atoms with E-state index in [4.69, 9.17) is 0 Å². The normalized spacial score (nSPS) is 11.6. The second-order valence-electron chi connectivity index (χ2n) is 7.30. The lowest BCUT2D eigenvalue weighted by Gasteiger charge is -2.11. The summed E-state index contributed by atoms with van der Waals surface area (Å²) < 4.78 is 0. The Morgan fingerprint density at radius 3 is 2.31 bits per heavy atom. The summed E-state index contributed by atoms with van der Waals surface area (Å²) in [6, 6.07) is 10.4. The van der Waals surface area contributed by atoms with Crippen molar-refractivity contribution in [1.82, 2.24) is 0 Å². The first-order valence-corrected chi connectivity index (χ1v) is 9.62. The zero-order chi connectivity index (χ0) is 21.4. The van der Waals surface area contributed by atoms with Crippen LogP contribution >= 0.6 is 0 Å². The first-order chi connectivity index (χ1) is 13.8. The average molecular weight is 392 g/mol. The summed E-state index contributed by atoms with van der Waals surface area (Å²) in [5.41, 5.74) is 3.22. The number of allylic oxidation sites excluding steroid dienone is 5.